The maximum Gasteiger partial charge on any atom is 0.231 e. The van der Waals surface area contributed by atoms with Gasteiger partial charge < -0.3 is 9.84 Å². The van der Waals surface area contributed by atoms with Crippen molar-refractivity contribution in [2.45, 2.75) is 36.2 Å². The van der Waals surface area contributed by atoms with Crippen molar-refractivity contribution < 1.29 is 4.52 Å². The van der Waals surface area contributed by atoms with Crippen molar-refractivity contribution in [3.8, 4) is 0 Å². The van der Waals surface area contributed by atoms with Crippen LogP contribution in [0, 0.1) is 0 Å². The number of hydrogen-bond donors (Lipinski definition) is 1. The highest BCUT2D eigenvalue weighted by atomic mass is 32.2. The molecule has 2 fully saturated rings. The molecule has 4 nitrogen and oxygen atoms in total. The molecule has 3 rings (SSSR count). The Balaban J connectivity index is 1.71. The zero-order valence-corrected chi connectivity index (χ0v) is 12.2. The Kier molecular flexibility index (Phi) is 4.16. The number of piperidine rings is 1. The molecule has 2 saturated heterocycles. The number of thioether (sulfide) groups is 2. The molecule has 100 valence electrons. The molecule has 6 heteroatoms. The van der Waals surface area contributed by atoms with Gasteiger partial charge in [-0.2, -0.15) is 16.7 Å². The molecule has 0 amide bonds. The number of aromatic nitrogens is 2. The highest BCUT2D eigenvalue weighted by Gasteiger charge is 2.30. The van der Waals surface area contributed by atoms with Gasteiger partial charge in [-0.25, -0.2) is 0 Å². The van der Waals surface area contributed by atoms with E-state index in [-0.39, 0.29) is 0 Å². The maximum atomic E-state index is 5.48. The first-order chi connectivity index (χ1) is 8.84. The maximum absolute atomic E-state index is 5.48. The van der Waals surface area contributed by atoms with Crippen LogP contribution in [0.25, 0.3) is 0 Å². The molecule has 0 aliphatic carbocycles. The van der Waals surface area contributed by atoms with Gasteiger partial charge in [0.15, 0.2) is 5.82 Å². The van der Waals surface area contributed by atoms with E-state index in [1.165, 1.54) is 17.9 Å². The van der Waals surface area contributed by atoms with E-state index in [1.807, 2.05) is 23.5 Å². The van der Waals surface area contributed by atoms with E-state index in [0.717, 1.165) is 31.2 Å². The minimum Gasteiger partial charge on any atom is -0.339 e. The van der Waals surface area contributed by atoms with Gasteiger partial charge in [0.05, 0.1) is 11.2 Å². The van der Waals surface area contributed by atoms with Gasteiger partial charge in [-0.15, -0.1) is 11.8 Å². The summed E-state index contributed by atoms with van der Waals surface area (Å²) in [5.41, 5.74) is 0. The predicted octanol–water partition coefficient (Wildman–Crippen LogP) is 2.45. The third-order valence-electron chi connectivity index (χ3n) is 3.55. The molecule has 2 unspecified atom stereocenters. The molecule has 3 atom stereocenters. The zero-order valence-electron chi connectivity index (χ0n) is 10.6. The molecule has 2 aliphatic heterocycles. The van der Waals surface area contributed by atoms with Crippen LogP contribution in [-0.4, -0.2) is 40.0 Å². The summed E-state index contributed by atoms with van der Waals surface area (Å²) in [4.78, 5) is 4.66. The Morgan fingerprint density at radius 3 is 3.00 bits per heavy atom. The van der Waals surface area contributed by atoms with E-state index in [0.29, 0.717) is 16.4 Å². The number of nitrogens with zero attached hydrogens (tertiary/aromatic N) is 2. The van der Waals surface area contributed by atoms with E-state index < -0.39 is 0 Å². The summed E-state index contributed by atoms with van der Waals surface area (Å²) in [5, 5.41) is 8.59. The molecule has 0 bridgehead atoms. The van der Waals surface area contributed by atoms with Gasteiger partial charge in [0.2, 0.25) is 5.89 Å². The van der Waals surface area contributed by atoms with Crippen LogP contribution in [0.15, 0.2) is 4.52 Å². The minimum atomic E-state index is 0.401. The lowest BCUT2D eigenvalue weighted by Crippen LogP contribution is -2.28. The number of rotatable bonds is 2. The van der Waals surface area contributed by atoms with E-state index in [2.05, 4.69) is 22.4 Å². The van der Waals surface area contributed by atoms with Crippen molar-refractivity contribution in [2.24, 2.45) is 0 Å². The fourth-order valence-corrected chi connectivity index (χ4v) is 5.19. The average molecular weight is 285 g/mol. The molecule has 1 N–H and O–H groups in total. The molecule has 1 aromatic heterocycles. The smallest absolute Gasteiger partial charge is 0.231 e. The summed E-state index contributed by atoms with van der Waals surface area (Å²) in [6, 6.07) is 0. The first kappa shape index (κ1) is 12.8. The summed E-state index contributed by atoms with van der Waals surface area (Å²) < 4.78 is 5.48. The summed E-state index contributed by atoms with van der Waals surface area (Å²) in [6.07, 6.45) is 2.36. The normalized spacial score (nSPS) is 33.5. The van der Waals surface area contributed by atoms with E-state index >= 15 is 0 Å². The topological polar surface area (TPSA) is 51.0 Å². The molecule has 0 saturated carbocycles. The van der Waals surface area contributed by atoms with Crippen molar-refractivity contribution in [3.63, 3.8) is 0 Å². The highest BCUT2D eigenvalue weighted by Crippen LogP contribution is 2.41. The standard InChI is InChI=1S/C12H19N3OS2/c1-8-10(18-6-5-17-8)11-14-12(16-15-11)9-3-2-4-13-7-9/h8-10,13H,2-7H2,1H3/t8?,9-,10?/m0/s1. The fourth-order valence-electron chi connectivity index (χ4n) is 2.51. The highest BCUT2D eigenvalue weighted by molar-refractivity contribution is 8.06. The first-order valence-electron chi connectivity index (χ1n) is 6.62. The van der Waals surface area contributed by atoms with Crippen LogP contribution in [0.2, 0.25) is 0 Å². The lowest BCUT2D eigenvalue weighted by molar-refractivity contribution is 0.320. The molecule has 18 heavy (non-hydrogen) atoms. The van der Waals surface area contributed by atoms with E-state index in [4.69, 9.17) is 4.52 Å². The second kappa shape index (κ2) is 5.84. The monoisotopic (exact) mass is 285 g/mol. The molecular weight excluding hydrogens is 266 g/mol. The van der Waals surface area contributed by atoms with Crippen LogP contribution in [0.5, 0.6) is 0 Å². The lowest BCUT2D eigenvalue weighted by atomic mass is 10.00. The third kappa shape index (κ3) is 2.70. The van der Waals surface area contributed by atoms with Crippen LogP contribution in [0.3, 0.4) is 0 Å². The Hall–Kier alpha value is -0.200. The Morgan fingerprint density at radius 1 is 1.33 bits per heavy atom. The number of nitrogens with one attached hydrogen (secondary N) is 1. The number of hydrogen-bond acceptors (Lipinski definition) is 6. The van der Waals surface area contributed by atoms with Gasteiger partial charge in [-0.05, 0) is 19.4 Å². The van der Waals surface area contributed by atoms with Gasteiger partial charge in [0, 0.05) is 23.3 Å². The van der Waals surface area contributed by atoms with Crippen LogP contribution in [0.4, 0.5) is 0 Å². The Labute approximate surface area is 116 Å². The predicted molar refractivity (Wildman–Crippen MR) is 76.3 cm³/mol. The second-order valence-corrected chi connectivity index (χ2v) is 7.64. The molecule has 2 aliphatic rings. The van der Waals surface area contributed by atoms with Crippen molar-refractivity contribution in [3.05, 3.63) is 11.7 Å². The van der Waals surface area contributed by atoms with Crippen molar-refractivity contribution >= 4 is 23.5 Å². The van der Waals surface area contributed by atoms with Crippen molar-refractivity contribution in [2.75, 3.05) is 24.6 Å². The van der Waals surface area contributed by atoms with Crippen LogP contribution in [0.1, 0.15) is 42.6 Å². The van der Waals surface area contributed by atoms with Crippen molar-refractivity contribution in [1.82, 2.24) is 15.5 Å². The van der Waals surface area contributed by atoms with Crippen molar-refractivity contribution in [1.29, 1.82) is 0 Å². The minimum absolute atomic E-state index is 0.401. The quantitative estimate of drug-likeness (QED) is 0.901. The Bertz CT molecular complexity index is 392. The Morgan fingerprint density at radius 2 is 2.22 bits per heavy atom. The van der Waals surface area contributed by atoms with E-state index in [1.54, 1.807) is 0 Å². The molecular formula is C12H19N3OS2. The fraction of sp³-hybridized carbons (Fsp3) is 0.833. The largest absolute Gasteiger partial charge is 0.339 e. The van der Waals surface area contributed by atoms with Crippen LogP contribution < -0.4 is 5.32 Å². The lowest BCUT2D eigenvalue weighted by Gasteiger charge is -2.25. The van der Waals surface area contributed by atoms with Crippen LogP contribution in [-0.2, 0) is 0 Å². The van der Waals surface area contributed by atoms with E-state index in [9.17, 15) is 0 Å². The molecule has 1 aromatic rings. The van der Waals surface area contributed by atoms with Gasteiger partial charge in [-0.1, -0.05) is 12.1 Å². The SMILES string of the molecule is CC1SCCSC1c1noc([C@H]2CCCNC2)n1. The summed E-state index contributed by atoms with van der Waals surface area (Å²) in [7, 11) is 0. The van der Waals surface area contributed by atoms with Gasteiger partial charge in [0.25, 0.3) is 0 Å². The molecule has 0 spiro atoms. The van der Waals surface area contributed by atoms with Gasteiger partial charge >= 0.3 is 0 Å². The third-order valence-corrected chi connectivity index (χ3v) is 6.63. The summed E-state index contributed by atoms with van der Waals surface area (Å²) >= 11 is 3.97. The first-order valence-corrected chi connectivity index (χ1v) is 8.72. The summed E-state index contributed by atoms with van der Waals surface area (Å²) in [6.45, 7) is 4.35. The molecule has 0 radical (unpaired) electrons. The summed E-state index contributed by atoms with van der Waals surface area (Å²) in [5.74, 6) is 4.58. The van der Waals surface area contributed by atoms with Gasteiger partial charge in [0.1, 0.15) is 0 Å². The second-order valence-electron chi connectivity index (χ2n) is 4.90. The molecule has 0 aromatic carbocycles. The van der Waals surface area contributed by atoms with Gasteiger partial charge in [-0.3, -0.25) is 0 Å². The average Bonchev–Trinajstić information content (AvgIpc) is 2.90. The zero-order chi connectivity index (χ0) is 12.4. The van der Waals surface area contributed by atoms with Crippen LogP contribution >= 0.6 is 23.5 Å². The molecule has 3 heterocycles.